The maximum Gasteiger partial charge on any atom is 0.251 e. The molecule has 106 valence electrons. The van der Waals surface area contributed by atoms with Gasteiger partial charge < -0.3 is 16.4 Å². The molecule has 1 rings (SSSR count). The van der Waals surface area contributed by atoms with Crippen LogP contribution in [0, 0.1) is 0 Å². The van der Waals surface area contributed by atoms with Crippen molar-refractivity contribution in [2.75, 3.05) is 13.1 Å². The number of hydrogen-bond acceptors (Lipinski definition) is 3. The number of carbonyl (C=O) groups excluding carboxylic acids is 2. The molecule has 5 nitrogen and oxygen atoms in total. The van der Waals surface area contributed by atoms with Crippen LogP contribution in [0.15, 0.2) is 30.3 Å². The Bertz CT molecular complexity index is 396. The van der Waals surface area contributed by atoms with Gasteiger partial charge in [-0.25, -0.2) is 0 Å². The largest absolute Gasteiger partial charge is 0.355 e. The predicted octanol–water partition coefficient (Wildman–Crippen LogP) is 0.692. The van der Waals surface area contributed by atoms with Gasteiger partial charge in [0.05, 0.1) is 6.54 Å². The summed E-state index contributed by atoms with van der Waals surface area (Å²) in [6.07, 6.45) is 0.721. The van der Waals surface area contributed by atoms with Crippen molar-refractivity contribution in [1.29, 1.82) is 0 Å². The number of hydrogen-bond donors (Lipinski definition) is 3. The summed E-state index contributed by atoms with van der Waals surface area (Å²) >= 11 is 0. The summed E-state index contributed by atoms with van der Waals surface area (Å²) in [6, 6.07) is 8.84. The molecule has 0 fully saturated rings. The lowest BCUT2D eigenvalue weighted by molar-refractivity contribution is -0.120. The first-order valence-corrected chi connectivity index (χ1v) is 5.95. The topological polar surface area (TPSA) is 84.2 Å². The van der Waals surface area contributed by atoms with Crippen molar-refractivity contribution in [2.24, 2.45) is 5.73 Å². The van der Waals surface area contributed by atoms with E-state index < -0.39 is 0 Å². The Morgan fingerprint density at radius 3 is 2.42 bits per heavy atom. The maximum atomic E-state index is 11.6. The second kappa shape index (κ2) is 9.35. The molecule has 0 bridgehead atoms. The fourth-order valence-electron chi connectivity index (χ4n) is 1.35. The molecular weight excluding hydrogens is 266 g/mol. The second-order valence-electron chi connectivity index (χ2n) is 4.16. The van der Waals surface area contributed by atoms with Gasteiger partial charge in [0.1, 0.15) is 0 Å². The summed E-state index contributed by atoms with van der Waals surface area (Å²) in [6.45, 7) is 2.38. The van der Waals surface area contributed by atoms with E-state index in [0.717, 1.165) is 6.42 Å². The minimum atomic E-state index is -0.252. The van der Waals surface area contributed by atoms with Crippen molar-refractivity contribution in [3.05, 3.63) is 35.9 Å². The van der Waals surface area contributed by atoms with Crippen LogP contribution in [0.25, 0.3) is 0 Å². The molecular formula is C13H20ClN3O2. The van der Waals surface area contributed by atoms with Gasteiger partial charge in [-0.15, -0.1) is 12.4 Å². The van der Waals surface area contributed by atoms with Crippen molar-refractivity contribution in [3.8, 4) is 0 Å². The number of nitrogens with two attached hydrogens (primary N) is 1. The van der Waals surface area contributed by atoms with E-state index in [2.05, 4.69) is 10.6 Å². The van der Waals surface area contributed by atoms with E-state index in [1.165, 1.54) is 0 Å². The molecule has 19 heavy (non-hydrogen) atoms. The fraction of sp³-hybridized carbons (Fsp3) is 0.385. The van der Waals surface area contributed by atoms with Gasteiger partial charge in [0.2, 0.25) is 5.91 Å². The molecule has 0 radical (unpaired) electrons. The second-order valence-corrected chi connectivity index (χ2v) is 4.16. The minimum Gasteiger partial charge on any atom is -0.355 e. The third kappa shape index (κ3) is 7.43. The molecule has 0 heterocycles. The van der Waals surface area contributed by atoms with E-state index in [0.29, 0.717) is 12.1 Å². The van der Waals surface area contributed by atoms with E-state index in [1.54, 1.807) is 24.3 Å². The highest BCUT2D eigenvalue weighted by Crippen LogP contribution is 1.97. The highest BCUT2D eigenvalue weighted by molar-refractivity contribution is 5.96. The van der Waals surface area contributed by atoms with Gasteiger partial charge in [-0.2, -0.15) is 0 Å². The van der Waals surface area contributed by atoms with Crippen molar-refractivity contribution >= 4 is 24.2 Å². The lowest BCUT2D eigenvalue weighted by Gasteiger charge is -2.08. The Morgan fingerprint density at radius 2 is 1.84 bits per heavy atom. The standard InChI is InChI=1S/C13H19N3O2.ClH/c1-10(14)7-8-15-12(17)9-16-13(18)11-5-3-2-4-6-11;/h2-6,10H,7-9,14H2,1H3,(H,15,17)(H,16,18);1H. The first-order valence-electron chi connectivity index (χ1n) is 5.95. The Balaban J connectivity index is 0.00000324. The number of nitrogens with one attached hydrogen (secondary N) is 2. The van der Waals surface area contributed by atoms with Crippen molar-refractivity contribution in [3.63, 3.8) is 0 Å². The molecule has 0 aliphatic rings. The fourth-order valence-corrected chi connectivity index (χ4v) is 1.35. The average Bonchev–Trinajstić information content (AvgIpc) is 2.36. The van der Waals surface area contributed by atoms with Crippen LogP contribution in [-0.4, -0.2) is 30.9 Å². The molecule has 4 N–H and O–H groups in total. The molecule has 0 aromatic heterocycles. The van der Waals surface area contributed by atoms with Crippen molar-refractivity contribution < 1.29 is 9.59 Å². The first-order chi connectivity index (χ1) is 8.59. The van der Waals surface area contributed by atoms with E-state index in [-0.39, 0.29) is 36.8 Å². The zero-order chi connectivity index (χ0) is 13.4. The predicted molar refractivity (Wildman–Crippen MR) is 77.3 cm³/mol. The molecule has 1 unspecified atom stereocenters. The quantitative estimate of drug-likeness (QED) is 0.719. The normalized spacial score (nSPS) is 11.1. The molecule has 0 aliphatic heterocycles. The molecule has 1 atom stereocenters. The lowest BCUT2D eigenvalue weighted by Crippen LogP contribution is -2.38. The summed E-state index contributed by atoms with van der Waals surface area (Å²) in [7, 11) is 0. The molecule has 0 saturated carbocycles. The number of halogens is 1. The summed E-state index contributed by atoms with van der Waals surface area (Å²) in [4.78, 5) is 23.0. The van der Waals surface area contributed by atoms with Crippen LogP contribution in [0.1, 0.15) is 23.7 Å². The van der Waals surface area contributed by atoms with E-state index in [1.807, 2.05) is 13.0 Å². The van der Waals surface area contributed by atoms with Crippen LogP contribution >= 0.6 is 12.4 Å². The molecule has 2 amide bonds. The van der Waals surface area contributed by atoms with Crippen LogP contribution in [0.4, 0.5) is 0 Å². The molecule has 1 aromatic carbocycles. The summed E-state index contributed by atoms with van der Waals surface area (Å²) < 4.78 is 0. The zero-order valence-corrected chi connectivity index (χ0v) is 11.7. The zero-order valence-electron chi connectivity index (χ0n) is 10.9. The summed E-state index contributed by atoms with van der Waals surface area (Å²) in [5, 5.41) is 5.24. The highest BCUT2D eigenvalue weighted by atomic mass is 35.5. The van der Waals surface area contributed by atoms with Crippen LogP contribution in [0.3, 0.4) is 0 Å². The number of carbonyl (C=O) groups is 2. The Labute approximate surface area is 119 Å². The maximum absolute atomic E-state index is 11.6. The number of benzene rings is 1. The van der Waals surface area contributed by atoms with Crippen LogP contribution in [0.2, 0.25) is 0 Å². The van der Waals surface area contributed by atoms with Crippen molar-refractivity contribution in [2.45, 2.75) is 19.4 Å². The SMILES string of the molecule is CC(N)CCNC(=O)CNC(=O)c1ccccc1.Cl. The van der Waals surface area contributed by atoms with Crippen LogP contribution < -0.4 is 16.4 Å². The molecule has 0 aliphatic carbocycles. The number of amides is 2. The van der Waals surface area contributed by atoms with Gasteiger partial charge in [0.25, 0.3) is 5.91 Å². The van der Waals surface area contributed by atoms with E-state index in [4.69, 9.17) is 5.73 Å². The molecule has 0 saturated heterocycles. The third-order valence-electron chi connectivity index (χ3n) is 2.37. The molecule has 1 aromatic rings. The van der Waals surface area contributed by atoms with E-state index >= 15 is 0 Å². The van der Waals surface area contributed by atoms with Gasteiger partial charge in [0, 0.05) is 18.2 Å². The third-order valence-corrected chi connectivity index (χ3v) is 2.37. The van der Waals surface area contributed by atoms with Crippen LogP contribution in [-0.2, 0) is 4.79 Å². The van der Waals surface area contributed by atoms with Gasteiger partial charge in [-0.05, 0) is 25.5 Å². The Kier molecular flexibility index (Phi) is 8.57. The van der Waals surface area contributed by atoms with Crippen LogP contribution in [0.5, 0.6) is 0 Å². The minimum absolute atomic E-state index is 0. The van der Waals surface area contributed by atoms with Gasteiger partial charge in [0.15, 0.2) is 0 Å². The number of rotatable bonds is 6. The van der Waals surface area contributed by atoms with Gasteiger partial charge in [-0.3, -0.25) is 9.59 Å². The molecule has 6 heteroatoms. The average molecular weight is 286 g/mol. The van der Waals surface area contributed by atoms with Gasteiger partial charge >= 0.3 is 0 Å². The smallest absolute Gasteiger partial charge is 0.251 e. The molecule has 0 spiro atoms. The highest BCUT2D eigenvalue weighted by Gasteiger charge is 2.06. The Morgan fingerprint density at radius 1 is 1.21 bits per heavy atom. The summed E-state index contributed by atoms with van der Waals surface area (Å²) in [5.74, 6) is -0.460. The van der Waals surface area contributed by atoms with E-state index in [9.17, 15) is 9.59 Å². The monoisotopic (exact) mass is 285 g/mol. The lowest BCUT2D eigenvalue weighted by atomic mass is 10.2. The van der Waals surface area contributed by atoms with Gasteiger partial charge in [-0.1, -0.05) is 18.2 Å². The first kappa shape index (κ1) is 17.4. The Hall–Kier alpha value is -1.59. The summed E-state index contributed by atoms with van der Waals surface area (Å²) in [5.41, 5.74) is 6.10. The van der Waals surface area contributed by atoms with Crippen molar-refractivity contribution in [1.82, 2.24) is 10.6 Å².